The van der Waals surface area contributed by atoms with Gasteiger partial charge in [-0.2, -0.15) is 5.26 Å². The van der Waals surface area contributed by atoms with E-state index in [-0.39, 0.29) is 17.4 Å². The van der Waals surface area contributed by atoms with Crippen molar-refractivity contribution in [3.05, 3.63) is 41.1 Å². The van der Waals surface area contributed by atoms with Gasteiger partial charge in [-0.25, -0.2) is 0 Å². The standard InChI is InChI=1S/C18H22N4O2/c1-12-4-3-5-16(13(12)2)22-18(24)15(10-19)11-21-17(23)14-6-8-20-9-7-14/h3-5,11,14,20H,6-9H2,1-2H3,(H,21,23)(H,22,24)/b15-11-. The van der Waals surface area contributed by atoms with E-state index in [1.165, 1.54) is 6.20 Å². The topological polar surface area (TPSA) is 94.0 Å². The van der Waals surface area contributed by atoms with E-state index in [4.69, 9.17) is 0 Å². The lowest BCUT2D eigenvalue weighted by molar-refractivity contribution is -0.124. The van der Waals surface area contributed by atoms with Crippen LogP contribution in [0.4, 0.5) is 5.69 Å². The third-order valence-electron chi connectivity index (χ3n) is 4.29. The van der Waals surface area contributed by atoms with Crippen molar-refractivity contribution in [2.75, 3.05) is 18.4 Å². The van der Waals surface area contributed by atoms with Gasteiger partial charge in [-0.05, 0) is 57.0 Å². The smallest absolute Gasteiger partial charge is 0.267 e. The van der Waals surface area contributed by atoms with E-state index >= 15 is 0 Å². The Morgan fingerprint density at radius 2 is 2.00 bits per heavy atom. The molecule has 0 spiro atoms. The van der Waals surface area contributed by atoms with E-state index in [1.54, 1.807) is 6.07 Å². The van der Waals surface area contributed by atoms with E-state index in [0.717, 1.165) is 37.1 Å². The Balaban J connectivity index is 2.01. The number of aryl methyl sites for hydroxylation is 1. The highest BCUT2D eigenvalue weighted by Gasteiger charge is 2.20. The van der Waals surface area contributed by atoms with Crippen LogP contribution >= 0.6 is 0 Å². The average Bonchev–Trinajstić information content (AvgIpc) is 2.60. The van der Waals surface area contributed by atoms with Crippen molar-refractivity contribution in [1.82, 2.24) is 10.6 Å². The summed E-state index contributed by atoms with van der Waals surface area (Å²) < 4.78 is 0. The Bertz CT molecular complexity index is 697. The molecule has 0 aliphatic carbocycles. The summed E-state index contributed by atoms with van der Waals surface area (Å²) in [6.07, 6.45) is 2.72. The molecule has 0 radical (unpaired) electrons. The number of nitrogens with zero attached hydrogens (tertiary/aromatic N) is 1. The first-order valence-electron chi connectivity index (χ1n) is 8.02. The zero-order valence-corrected chi connectivity index (χ0v) is 14.0. The summed E-state index contributed by atoms with van der Waals surface area (Å²) in [5.41, 5.74) is 2.53. The van der Waals surface area contributed by atoms with Gasteiger partial charge in [-0.1, -0.05) is 12.1 Å². The molecule has 0 atom stereocenters. The highest BCUT2D eigenvalue weighted by atomic mass is 16.2. The van der Waals surface area contributed by atoms with Gasteiger partial charge in [0.15, 0.2) is 0 Å². The Kier molecular flexibility index (Phi) is 6.10. The van der Waals surface area contributed by atoms with E-state index in [9.17, 15) is 14.9 Å². The fourth-order valence-electron chi connectivity index (χ4n) is 2.57. The molecule has 6 nitrogen and oxygen atoms in total. The normalized spacial score (nSPS) is 15.5. The maximum atomic E-state index is 12.2. The van der Waals surface area contributed by atoms with Crippen LogP contribution in [0.25, 0.3) is 0 Å². The molecule has 1 aromatic rings. The van der Waals surface area contributed by atoms with Gasteiger partial charge in [-0.15, -0.1) is 0 Å². The van der Waals surface area contributed by atoms with Crippen LogP contribution in [-0.2, 0) is 9.59 Å². The van der Waals surface area contributed by atoms with Crippen LogP contribution in [0, 0.1) is 31.1 Å². The molecule has 1 aliphatic rings. The SMILES string of the molecule is Cc1cccc(NC(=O)/C(C#N)=C\NC(=O)C2CCNCC2)c1C. The lowest BCUT2D eigenvalue weighted by Gasteiger charge is -2.20. The highest BCUT2D eigenvalue weighted by molar-refractivity contribution is 6.07. The summed E-state index contributed by atoms with van der Waals surface area (Å²) in [7, 11) is 0. The summed E-state index contributed by atoms with van der Waals surface area (Å²) in [5, 5.41) is 17.7. The maximum absolute atomic E-state index is 12.2. The fraction of sp³-hybridized carbons (Fsp3) is 0.389. The number of hydrogen-bond acceptors (Lipinski definition) is 4. The van der Waals surface area contributed by atoms with Crippen molar-refractivity contribution in [1.29, 1.82) is 5.26 Å². The molecule has 24 heavy (non-hydrogen) atoms. The molecular formula is C18H22N4O2. The monoisotopic (exact) mass is 326 g/mol. The predicted octanol–water partition coefficient (Wildman–Crippen LogP) is 1.77. The third-order valence-corrected chi connectivity index (χ3v) is 4.29. The van der Waals surface area contributed by atoms with Crippen molar-refractivity contribution in [2.45, 2.75) is 26.7 Å². The van der Waals surface area contributed by atoms with E-state index < -0.39 is 5.91 Å². The van der Waals surface area contributed by atoms with Gasteiger partial charge in [0.2, 0.25) is 5.91 Å². The first kappa shape index (κ1) is 17.7. The van der Waals surface area contributed by atoms with E-state index in [2.05, 4.69) is 16.0 Å². The van der Waals surface area contributed by atoms with Gasteiger partial charge < -0.3 is 16.0 Å². The van der Waals surface area contributed by atoms with Crippen LogP contribution in [0.3, 0.4) is 0 Å². The minimum atomic E-state index is -0.531. The molecule has 0 unspecified atom stereocenters. The number of rotatable bonds is 4. The quantitative estimate of drug-likeness (QED) is 0.580. The number of hydrogen-bond donors (Lipinski definition) is 3. The van der Waals surface area contributed by atoms with Crippen molar-refractivity contribution < 1.29 is 9.59 Å². The van der Waals surface area contributed by atoms with Crippen molar-refractivity contribution >= 4 is 17.5 Å². The number of piperidine rings is 1. The van der Waals surface area contributed by atoms with Gasteiger partial charge in [0.05, 0.1) is 0 Å². The largest absolute Gasteiger partial charge is 0.331 e. The molecule has 0 bridgehead atoms. The predicted molar refractivity (Wildman–Crippen MR) is 92.0 cm³/mol. The van der Waals surface area contributed by atoms with Gasteiger partial charge >= 0.3 is 0 Å². The first-order valence-corrected chi connectivity index (χ1v) is 8.02. The number of benzene rings is 1. The van der Waals surface area contributed by atoms with Crippen molar-refractivity contribution in [3.63, 3.8) is 0 Å². The van der Waals surface area contributed by atoms with Crippen LogP contribution < -0.4 is 16.0 Å². The lowest BCUT2D eigenvalue weighted by atomic mass is 9.97. The second-order valence-electron chi connectivity index (χ2n) is 5.90. The van der Waals surface area contributed by atoms with Crippen LogP contribution in [-0.4, -0.2) is 24.9 Å². The van der Waals surface area contributed by atoms with Crippen LogP contribution in [0.1, 0.15) is 24.0 Å². The molecule has 3 N–H and O–H groups in total. The maximum Gasteiger partial charge on any atom is 0.267 e. The summed E-state index contributed by atoms with van der Waals surface area (Å²) in [6.45, 7) is 5.46. The number of anilines is 1. The zero-order valence-electron chi connectivity index (χ0n) is 14.0. The van der Waals surface area contributed by atoms with E-state index in [1.807, 2.05) is 32.0 Å². The fourth-order valence-corrected chi connectivity index (χ4v) is 2.57. The molecule has 1 aliphatic heterocycles. The molecule has 0 aromatic heterocycles. The number of carbonyl (C=O) groups is 2. The molecule has 2 amide bonds. The molecule has 1 heterocycles. The molecule has 126 valence electrons. The third kappa shape index (κ3) is 4.43. The van der Waals surface area contributed by atoms with Crippen molar-refractivity contribution in [2.24, 2.45) is 5.92 Å². The minimum Gasteiger partial charge on any atom is -0.331 e. The van der Waals surface area contributed by atoms with E-state index in [0.29, 0.717) is 5.69 Å². The molecule has 1 aromatic carbocycles. The second-order valence-corrected chi connectivity index (χ2v) is 5.90. The lowest BCUT2D eigenvalue weighted by Crippen LogP contribution is -2.36. The summed E-state index contributed by atoms with van der Waals surface area (Å²) in [4.78, 5) is 24.3. The Morgan fingerprint density at radius 3 is 2.67 bits per heavy atom. The zero-order chi connectivity index (χ0) is 17.5. The minimum absolute atomic E-state index is 0.0791. The highest BCUT2D eigenvalue weighted by Crippen LogP contribution is 2.18. The molecule has 0 saturated carbocycles. The molecular weight excluding hydrogens is 304 g/mol. The first-order chi connectivity index (χ1) is 11.5. The van der Waals surface area contributed by atoms with Crippen LogP contribution in [0.2, 0.25) is 0 Å². The molecule has 1 saturated heterocycles. The molecule has 6 heteroatoms. The Labute approximate surface area is 141 Å². The van der Waals surface area contributed by atoms with Crippen LogP contribution in [0.15, 0.2) is 30.0 Å². The Morgan fingerprint density at radius 1 is 1.29 bits per heavy atom. The Hall–Kier alpha value is -2.65. The van der Waals surface area contributed by atoms with Crippen LogP contribution in [0.5, 0.6) is 0 Å². The summed E-state index contributed by atoms with van der Waals surface area (Å²) >= 11 is 0. The summed E-state index contributed by atoms with van der Waals surface area (Å²) in [6, 6.07) is 7.41. The number of nitriles is 1. The van der Waals surface area contributed by atoms with Gasteiger partial charge in [0.25, 0.3) is 5.91 Å². The summed E-state index contributed by atoms with van der Waals surface area (Å²) in [5.74, 6) is -0.759. The van der Waals surface area contributed by atoms with Gasteiger partial charge in [-0.3, -0.25) is 9.59 Å². The molecule has 1 fully saturated rings. The second kappa shape index (κ2) is 8.27. The molecule has 2 rings (SSSR count). The van der Waals surface area contributed by atoms with Crippen molar-refractivity contribution in [3.8, 4) is 6.07 Å². The number of carbonyl (C=O) groups excluding carboxylic acids is 2. The average molecular weight is 326 g/mol. The number of nitrogens with one attached hydrogen (secondary N) is 3. The number of amides is 2. The van der Waals surface area contributed by atoms with Gasteiger partial charge in [0, 0.05) is 17.8 Å². The van der Waals surface area contributed by atoms with Gasteiger partial charge in [0.1, 0.15) is 11.6 Å².